The molecule has 72 valence electrons. The van der Waals surface area contributed by atoms with E-state index in [0.717, 1.165) is 0 Å². The number of non-ortho nitro benzene ring substituents is 1. The van der Waals surface area contributed by atoms with Gasteiger partial charge in [0.15, 0.2) is 0 Å². The van der Waals surface area contributed by atoms with Crippen LogP contribution < -0.4 is 0 Å². The van der Waals surface area contributed by atoms with Crippen LogP contribution in [0.5, 0.6) is 0 Å². The summed E-state index contributed by atoms with van der Waals surface area (Å²) in [4.78, 5) is 9.92. The molecule has 0 spiro atoms. The predicted molar refractivity (Wildman–Crippen MR) is 52.5 cm³/mol. The Morgan fingerprint density at radius 2 is 2.07 bits per heavy atom. The van der Waals surface area contributed by atoms with Crippen LogP contribution in [0.25, 0.3) is 6.08 Å². The first-order valence-electron chi connectivity index (χ1n) is 3.93. The average Bonchev–Trinajstić information content (AvgIpc) is 2.25. The van der Waals surface area contributed by atoms with Crippen molar-refractivity contribution in [3.8, 4) is 12.1 Å². The normalized spacial score (nSPS) is 9.47. The van der Waals surface area contributed by atoms with Gasteiger partial charge in [-0.15, -0.1) is 0 Å². The lowest BCUT2D eigenvalue weighted by molar-refractivity contribution is -0.384. The quantitative estimate of drug-likeness (QED) is 0.413. The van der Waals surface area contributed by atoms with E-state index in [1.54, 1.807) is 6.07 Å². The summed E-state index contributed by atoms with van der Waals surface area (Å²) in [5.41, 5.74) is 0.496. The Morgan fingerprint density at radius 1 is 1.33 bits per heavy atom. The van der Waals surface area contributed by atoms with Crippen LogP contribution in [0, 0.1) is 32.8 Å². The molecular weight excluding hydrogens is 194 g/mol. The fourth-order valence-corrected chi connectivity index (χ4v) is 1.03. The maximum absolute atomic E-state index is 10.5. The highest BCUT2D eigenvalue weighted by Gasteiger charge is 2.07. The van der Waals surface area contributed by atoms with E-state index in [1.807, 2.05) is 6.07 Å². The van der Waals surface area contributed by atoms with Crippen molar-refractivity contribution in [2.45, 2.75) is 0 Å². The molecule has 0 aliphatic heterocycles. The number of rotatable bonds is 2. The zero-order chi connectivity index (χ0) is 11.3. The van der Waals surface area contributed by atoms with E-state index in [4.69, 9.17) is 10.5 Å². The highest BCUT2D eigenvalue weighted by atomic mass is 16.6. The first-order valence-corrected chi connectivity index (χ1v) is 3.93. The molecule has 0 unspecified atom stereocenters. The van der Waals surface area contributed by atoms with Crippen molar-refractivity contribution in [1.82, 2.24) is 0 Å². The molecular formula is C10H5N3O2. The summed E-state index contributed by atoms with van der Waals surface area (Å²) in [5.74, 6) is 0. The number of nitro benzene ring substituents is 1. The standard InChI is InChI=1S/C10H5N3O2/c11-3-1-2-8-4-9(7-12)6-10(5-8)13(14)15/h1-2,4-6H. The molecule has 0 atom stereocenters. The highest BCUT2D eigenvalue weighted by Crippen LogP contribution is 2.17. The molecule has 5 heteroatoms. The smallest absolute Gasteiger partial charge is 0.258 e. The maximum Gasteiger partial charge on any atom is 0.271 e. The number of nitrogens with zero attached hydrogens (tertiary/aromatic N) is 3. The third-order valence-electron chi connectivity index (χ3n) is 1.63. The van der Waals surface area contributed by atoms with Gasteiger partial charge < -0.3 is 0 Å². The Labute approximate surface area is 85.6 Å². The molecule has 0 bridgehead atoms. The summed E-state index contributed by atoms with van der Waals surface area (Å²) in [6, 6.07) is 7.54. The van der Waals surface area contributed by atoms with Crippen molar-refractivity contribution < 1.29 is 4.92 Å². The maximum atomic E-state index is 10.5. The van der Waals surface area contributed by atoms with Gasteiger partial charge in [-0.3, -0.25) is 10.1 Å². The van der Waals surface area contributed by atoms with E-state index in [-0.39, 0.29) is 11.3 Å². The monoisotopic (exact) mass is 199 g/mol. The number of hydrogen-bond acceptors (Lipinski definition) is 4. The van der Waals surface area contributed by atoms with E-state index in [2.05, 4.69) is 0 Å². The lowest BCUT2D eigenvalue weighted by Crippen LogP contribution is -1.90. The van der Waals surface area contributed by atoms with Crippen molar-refractivity contribution in [3.05, 3.63) is 45.5 Å². The first-order chi connectivity index (χ1) is 7.17. The zero-order valence-electron chi connectivity index (χ0n) is 7.54. The molecule has 1 aromatic carbocycles. The molecule has 0 saturated carbocycles. The molecule has 0 aromatic heterocycles. The summed E-state index contributed by atoms with van der Waals surface area (Å²) in [6.07, 6.45) is 2.61. The molecule has 1 rings (SSSR count). The van der Waals surface area contributed by atoms with Gasteiger partial charge in [-0.2, -0.15) is 10.5 Å². The number of hydrogen-bond donors (Lipinski definition) is 0. The minimum atomic E-state index is -0.579. The molecule has 0 radical (unpaired) electrons. The van der Waals surface area contributed by atoms with Gasteiger partial charge in [0.25, 0.3) is 5.69 Å². The van der Waals surface area contributed by atoms with Crippen molar-refractivity contribution in [2.24, 2.45) is 0 Å². The minimum Gasteiger partial charge on any atom is -0.258 e. The summed E-state index contributed by atoms with van der Waals surface area (Å²) in [7, 11) is 0. The second-order valence-corrected chi connectivity index (χ2v) is 2.64. The van der Waals surface area contributed by atoms with Crippen LogP contribution >= 0.6 is 0 Å². The fraction of sp³-hybridized carbons (Fsp3) is 0. The summed E-state index contributed by atoms with van der Waals surface area (Å²) in [5, 5.41) is 27.4. The molecule has 0 amide bonds. The number of allylic oxidation sites excluding steroid dienone is 1. The largest absolute Gasteiger partial charge is 0.271 e. The van der Waals surface area contributed by atoms with Crippen LogP contribution in [-0.2, 0) is 0 Å². The SMILES string of the molecule is N#CC=Cc1cc(C#N)cc([N+](=O)[O-])c1. The predicted octanol–water partition coefficient (Wildman–Crippen LogP) is 2.00. The van der Waals surface area contributed by atoms with Gasteiger partial charge in [-0.1, -0.05) is 0 Å². The fourth-order valence-electron chi connectivity index (χ4n) is 1.03. The van der Waals surface area contributed by atoms with E-state index in [0.29, 0.717) is 5.56 Å². The lowest BCUT2D eigenvalue weighted by Gasteiger charge is -1.95. The van der Waals surface area contributed by atoms with E-state index < -0.39 is 4.92 Å². The van der Waals surface area contributed by atoms with Crippen molar-refractivity contribution in [3.63, 3.8) is 0 Å². The minimum absolute atomic E-state index is 0.161. The van der Waals surface area contributed by atoms with Crippen LogP contribution in [0.3, 0.4) is 0 Å². The van der Waals surface area contributed by atoms with Crippen LogP contribution in [0.2, 0.25) is 0 Å². The number of nitro groups is 1. The second-order valence-electron chi connectivity index (χ2n) is 2.64. The Hall–Kier alpha value is -2.66. The summed E-state index contributed by atoms with van der Waals surface area (Å²) < 4.78 is 0. The molecule has 15 heavy (non-hydrogen) atoms. The van der Waals surface area contributed by atoms with E-state index in [9.17, 15) is 10.1 Å². The molecule has 0 aliphatic rings. The molecule has 0 aliphatic carbocycles. The van der Waals surface area contributed by atoms with E-state index in [1.165, 1.54) is 30.4 Å². The van der Waals surface area contributed by atoms with Gasteiger partial charge in [0.05, 0.1) is 22.6 Å². The highest BCUT2D eigenvalue weighted by molar-refractivity contribution is 5.58. The molecule has 0 saturated heterocycles. The third-order valence-corrected chi connectivity index (χ3v) is 1.63. The van der Waals surface area contributed by atoms with Crippen LogP contribution in [0.15, 0.2) is 24.3 Å². The van der Waals surface area contributed by atoms with Gasteiger partial charge >= 0.3 is 0 Å². The zero-order valence-corrected chi connectivity index (χ0v) is 7.54. The molecule has 1 aromatic rings. The third kappa shape index (κ3) is 2.64. The van der Waals surface area contributed by atoms with Crippen molar-refractivity contribution in [1.29, 1.82) is 10.5 Å². The second kappa shape index (κ2) is 4.54. The summed E-state index contributed by atoms with van der Waals surface area (Å²) >= 11 is 0. The topological polar surface area (TPSA) is 90.7 Å². The van der Waals surface area contributed by atoms with Crippen molar-refractivity contribution in [2.75, 3.05) is 0 Å². The molecule has 0 fully saturated rings. The number of benzene rings is 1. The van der Waals surface area contributed by atoms with Gasteiger partial charge in [0.2, 0.25) is 0 Å². The lowest BCUT2D eigenvalue weighted by atomic mass is 10.1. The van der Waals surface area contributed by atoms with Gasteiger partial charge in [-0.05, 0) is 17.7 Å². The van der Waals surface area contributed by atoms with Gasteiger partial charge in [0, 0.05) is 18.2 Å². The Bertz CT molecular complexity index is 506. The van der Waals surface area contributed by atoms with Gasteiger partial charge in [-0.25, -0.2) is 0 Å². The van der Waals surface area contributed by atoms with Crippen LogP contribution in [0.1, 0.15) is 11.1 Å². The first kappa shape index (κ1) is 10.4. The Kier molecular flexibility index (Phi) is 3.15. The molecule has 0 heterocycles. The number of nitriles is 2. The van der Waals surface area contributed by atoms with E-state index >= 15 is 0 Å². The Morgan fingerprint density at radius 3 is 2.60 bits per heavy atom. The molecule has 0 N–H and O–H groups in total. The van der Waals surface area contributed by atoms with Crippen molar-refractivity contribution >= 4 is 11.8 Å². The molecule has 5 nitrogen and oxygen atoms in total. The van der Waals surface area contributed by atoms with Crippen LogP contribution in [0.4, 0.5) is 5.69 Å². The Balaban J connectivity index is 3.26. The van der Waals surface area contributed by atoms with Crippen LogP contribution in [-0.4, -0.2) is 4.92 Å². The summed E-state index contributed by atoms with van der Waals surface area (Å²) in [6.45, 7) is 0. The average molecular weight is 199 g/mol. The van der Waals surface area contributed by atoms with Gasteiger partial charge in [0.1, 0.15) is 0 Å².